The quantitative estimate of drug-likeness (QED) is 0.658. The van der Waals surface area contributed by atoms with Crippen LogP contribution in [0.15, 0.2) is 18.2 Å². The van der Waals surface area contributed by atoms with Crippen LogP contribution in [0.1, 0.15) is 25.8 Å². The van der Waals surface area contributed by atoms with Crippen LogP contribution in [-0.2, 0) is 6.42 Å². The Morgan fingerprint density at radius 3 is 2.53 bits per heavy atom. The maximum absolute atomic E-state index is 6.11. The minimum atomic E-state index is 0.535. The van der Waals surface area contributed by atoms with Crippen LogP contribution in [0.5, 0.6) is 0 Å². The molecule has 3 heteroatoms. The summed E-state index contributed by atoms with van der Waals surface area (Å²) in [5.41, 5.74) is 1.13. The van der Waals surface area contributed by atoms with Crippen LogP contribution in [-0.4, -0.2) is 4.83 Å². The molecule has 1 unspecified atom stereocenters. The summed E-state index contributed by atoms with van der Waals surface area (Å²) >= 11 is 15.7. The molecule has 0 aromatic heterocycles. The van der Waals surface area contributed by atoms with Crippen LogP contribution in [0.2, 0.25) is 10.0 Å². The first-order valence-corrected chi connectivity index (χ1v) is 6.76. The van der Waals surface area contributed by atoms with Crippen LogP contribution in [0, 0.1) is 5.92 Å². The van der Waals surface area contributed by atoms with E-state index < -0.39 is 0 Å². The lowest BCUT2D eigenvalue weighted by Crippen LogP contribution is -2.08. The summed E-state index contributed by atoms with van der Waals surface area (Å²) in [5.74, 6) is 0.642. The molecule has 0 nitrogen and oxygen atoms in total. The highest BCUT2D eigenvalue weighted by molar-refractivity contribution is 9.09. The number of alkyl halides is 1. The predicted octanol–water partition coefficient (Wildman–Crippen LogP) is 5.35. The van der Waals surface area contributed by atoms with Crippen molar-refractivity contribution in [1.82, 2.24) is 0 Å². The Balaban J connectivity index is 2.62. The van der Waals surface area contributed by atoms with E-state index in [1.807, 2.05) is 18.2 Å². The van der Waals surface area contributed by atoms with Crippen molar-refractivity contribution in [3.05, 3.63) is 33.8 Å². The van der Waals surface area contributed by atoms with E-state index in [4.69, 9.17) is 23.2 Å². The fraction of sp³-hybridized carbons (Fsp3) is 0.500. The van der Waals surface area contributed by atoms with Crippen LogP contribution >= 0.6 is 39.1 Å². The van der Waals surface area contributed by atoms with Gasteiger partial charge in [-0.05, 0) is 30.4 Å². The molecule has 0 spiro atoms. The summed E-state index contributed by atoms with van der Waals surface area (Å²) in [6, 6.07) is 5.80. The SMILES string of the molecule is CC(C)C(Br)CCc1cccc(Cl)c1Cl. The van der Waals surface area contributed by atoms with Gasteiger partial charge < -0.3 is 0 Å². The van der Waals surface area contributed by atoms with E-state index in [2.05, 4.69) is 29.8 Å². The fourth-order valence-corrected chi connectivity index (χ4v) is 2.01. The Labute approximate surface area is 110 Å². The Hall–Kier alpha value is 0.280. The van der Waals surface area contributed by atoms with Gasteiger partial charge in [-0.1, -0.05) is 65.1 Å². The van der Waals surface area contributed by atoms with Crippen LogP contribution in [0.4, 0.5) is 0 Å². The van der Waals surface area contributed by atoms with Crippen molar-refractivity contribution in [2.24, 2.45) is 5.92 Å². The zero-order valence-corrected chi connectivity index (χ0v) is 12.0. The van der Waals surface area contributed by atoms with E-state index in [1.165, 1.54) is 0 Å². The molecule has 0 bridgehead atoms. The normalized spacial score (nSPS) is 13.2. The van der Waals surface area contributed by atoms with Gasteiger partial charge in [0.1, 0.15) is 0 Å². The van der Waals surface area contributed by atoms with Gasteiger partial charge in [-0.3, -0.25) is 0 Å². The van der Waals surface area contributed by atoms with Gasteiger partial charge in [0.05, 0.1) is 10.0 Å². The number of rotatable bonds is 4. The lowest BCUT2D eigenvalue weighted by Gasteiger charge is -2.14. The van der Waals surface area contributed by atoms with Gasteiger partial charge in [-0.2, -0.15) is 0 Å². The minimum Gasteiger partial charge on any atom is -0.0888 e. The molecule has 0 aliphatic heterocycles. The Morgan fingerprint density at radius 1 is 1.27 bits per heavy atom. The molecule has 0 amide bonds. The monoisotopic (exact) mass is 308 g/mol. The van der Waals surface area contributed by atoms with E-state index in [0.29, 0.717) is 20.8 Å². The summed E-state index contributed by atoms with van der Waals surface area (Å²) in [5, 5.41) is 1.34. The largest absolute Gasteiger partial charge is 0.0888 e. The smallest absolute Gasteiger partial charge is 0.0624 e. The third-order valence-electron chi connectivity index (χ3n) is 2.44. The number of benzene rings is 1. The maximum atomic E-state index is 6.11. The lowest BCUT2D eigenvalue weighted by molar-refractivity contribution is 0.582. The first kappa shape index (κ1) is 13.3. The van der Waals surface area contributed by atoms with Gasteiger partial charge in [0.25, 0.3) is 0 Å². The zero-order valence-electron chi connectivity index (χ0n) is 8.93. The second kappa shape index (κ2) is 6.12. The zero-order chi connectivity index (χ0) is 11.4. The molecule has 1 aromatic rings. The molecular formula is C12H15BrCl2. The average Bonchev–Trinajstić information content (AvgIpc) is 2.19. The summed E-state index contributed by atoms with van der Waals surface area (Å²) < 4.78 is 0. The molecular weight excluding hydrogens is 295 g/mol. The molecule has 0 saturated heterocycles. The molecule has 15 heavy (non-hydrogen) atoms. The van der Waals surface area contributed by atoms with Crippen molar-refractivity contribution in [3.63, 3.8) is 0 Å². The van der Waals surface area contributed by atoms with Crippen molar-refractivity contribution in [3.8, 4) is 0 Å². The highest BCUT2D eigenvalue weighted by atomic mass is 79.9. The number of aryl methyl sites for hydroxylation is 1. The molecule has 84 valence electrons. The molecule has 0 fully saturated rings. The van der Waals surface area contributed by atoms with Gasteiger partial charge in [0.15, 0.2) is 0 Å². The van der Waals surface area contributed by atoms with Gasteiger partial charge in [0.2, 0.25) is 0 Å². The highest BCUT2D eigenvalue weighted by Gasteiger charge is 2.11. The molecule has 0 N–H and O–H groups in total. The molecule has 1 rings (SSSR count). The lowest BCUT2D eigenvalue weighted by atomic mass is 10.0. The van der Waals surface area contributed by atoms with Gasteiger partial charge >= 0.3 is 0 Å². The Bertz CT molecular complexity index is 323. The number of halogens is 3. The van der Waals surface area contributed by atoms with Gasteiger partial charge in [0, 0.05) is 4.83 Å². The predicted molar refractivity (Wildman–Crippen MR) is 72.3 cm³/mol. The third kappa shape index (κ3) is 3.97. The van der Waals surface area contributed by atoms with Crippen molar-refractivity contribution in [2.75, 3.05) is 0 Å². The topological polar surface area (TPSA) is 0 Å². The summed E-state index contributed by atoms with van der Waals surface area (Å²) in [4.78, 5) is 0.535. The van der Waals surface area contributed by atoms with Crippen LogP contribution < -0.4 is 0 Å². The molecule has 0 aliphatic rings. The second-order valence-electron chi connectivity index (χ2n) is 4.01. The van der Waals surface area contributed by atoms with Gasteiger partial charge in [-0.25, -0.2) is 0 Å². The number of hydrogen-bond donors (Lipinski definition) is 0. The molecule has 0 aliphatic carbocycles. The first-order valence-electron chi connectivity index (χ1n) is 5.09. The summed E-state index contributed by atoms with van der Waals surface area (Å²) in [6.45, 7) is 4.41. The van der Waals surface area contributed by atoms with Crippen molar-refractivity contribution >= 4 is 39.1 Å². The molecule has 0 saturated carbocycles. The van der Waals surface area contributed by atoms with E-state index >= 15 is 0 Å². The Morgan fingerprint density at radius 2 is 1.93 bits per heavy atom. The van der Waals surface area contributed by atoms with Gasteiger partial charge in [-0.15, -0.1) is 0 Å². The van der Waals surface area contributed by atoms with Crippen molar-refractivity contribution in [1.29, 1.82) is 0 Å². The van der Waals surface area contributed by atoms with Crippen LogP contribution in [0.25, 0.3) is 0 Å². The van der Waals surface area contributed by atoms with E-state index in [0.717, 1.165) is 18.4 Å². The molecule has 0 heterocycles. The maximum Gasteiger partial charge on any atom is 0.0624 e. The third-order valence-corrected chi connectivity index (χ3v) is 4.82. The van der Waals surface area contributed by atoms with E-state index in [1.54, 1.807) is 0 Å². The minimum absolute atomic E-state index is 0.535. The first-order chi connectivity index (χ1) is 7.02. The summed E-state index contributed by atoms with van der Waals surface area (Å²) in [7, 11) is 0. The molecule has 0 radical (unpaired) electrons. The van der Waals surface area contributed by atoms with E-state index in [9.17, 15) is 0 Å². The van der Waals surface area contributed by atoms with Crippen molar-refractivity contribution in [2.45, 2.75) is 31.5 Å². The van der Waals surface area contributed by atoms with Crippen LogP contribution in [0.3, 0.4) is 0 Å². The molecule has 1 atom stereocenters. The Kier molecular flexibility index (Phi) is 5.45. The van der Waals surface area contributed by atoms with Crippen molar-refractivity contribution < 1.29 is 0 Å². The molecule has 1 aromatic carbocycles. The summed E-state index contributed by atoms with van der Waals surface area (Å²) in [6.07, 6.45) is 2.05. The average molecular weight is 310 g/mol. The standard InChI is InChI=1S/C12H15BrCl2/c1-8(2)10(13)7-6-9-4-3-5-11(14)12(9)15/h3-5,8,10H,6-7H2,1-2H3. The highest BCUT2D eigenvalue weighted by Crippen LogP contribution is 2.28. The van der Waals surface area contributed by atoms with E-state index in [-0.39, 0.29) is 0 Å². The second-order valence-corrected chi connectivity index (χ2v) is 5.97. The number of hydrogen-bond acceptors (Lipinski definition) is 0. The fourth-order valence-electron chi connectivity index (χ4n) is 1.37.